The molecule has 0 radical (unpaired) electrons. The van der Waals surface area contributed by atoms with Crippen molar-refractivity contribution in [2.24, 2.45) is 5.73 Å². The molecule has 3 aromatic rings. The Balaban J connectivity index is 1.79. The molecule has 1 aliphatic heterocycles. The molecule has 2 atom stereocenters. The van der Waals surface area contributed by atoms with Gasteiger partial charge in [-0.3, -0.25) is 24.7 Å². The fourth-order valence-corrected chi connectivity index (χ4v) is 4.71. The number of carbonyl (C=O) groups excluding carboxylic acids is 3. The van der Waals surface area contributed by atoms with E-state index in [1.807, 2.05) is 30.3 Å². The topological polar surface area (TPSA) is 148 Å². The van der Waals surface area contributed by atoms with E-state index in [1.54, 1.807) is 61.5 Å². The Morgan fingerprint density at radius 1 is 0.974 bits per heavy atom. The van der Waals surface area contributed by atoms with Gasteiger partial charge in [-0.05, 0) is 23.6 Å². The number of nitrogens with one attached hydrogen (secondary N) is 1. The number of hydrogen-bond acceptors (Lipinski definition) is 5. The van der Waals surface area contributed by atoms with Crippen molar-refractivity contribution in [1.82, 2.24) is 14.9 Å². The lowest BCUT2D eigenvalue weighted by Crippen LogP contribution is -2.52. The third kappa shape index (κ3) is 5.08. The average Bonchev–Trinajstić information content (AvgIpc) is 3.11. The number of hydrogen-bond donors (Lipinski definition) is 3. The number of amidine groups is 1. The van der Waals surface area contributed by atoms with Gasteiger partial charge in [0.05, 0.1) is 6.54 Å². The number of amides is 4. The van der Waals surface area contributed by atoms with Crippen LogP contribution in [0.5, 0.6) is 0 Å². The molecule has 1 heterocycles. The molecule has 3 aromatic carbocycles. The molecule has 0 saturated carbocycles. The molecule has 0 aromatic heterocycles. The minimum Gasteiger partial charge on any atom is -0.481 e. The lowest BCUT2D eigenvalue weighted by Gasteiger charge is -2.32. The highest BCUT2D eigenvalue weighted by atomic mass is 16.4. The fraction of sp³-hybridized carbons (Fsp3) is 0.207. The van der Waals surface area contributed by atoms with Crippen molar-refractivity contribution >= 4 is 29.7 Å². The Kier molecular flexibility index (Phi) is 7.48. The number of carbonyl (C=O) groups is 4. The number of carboxylic acid groups (broad SMARTS) is 1. The second-order valence-corrected chi connectivity index (χ2v) is 9.44. The summed E-state index contributed by atoms with van der Waals surface area (Å²) in [6, 6.07) is 23.1. The van der Waals surface area contributed by atoms with E-state index in [0.29, 0.717) is 16.7 Å². The van der Waals surface area contributed by atoms with E-state index < -0.39 is 41.8 Å². The maximum Gasteiger partial charge on any atom is 0.347 e. The Morgan fingerprint density at radius 2 is 1.54 bits per heavy atom. The van der Waals surface area contributed by atoms with E-state index in [4.69, 9.17) is 11.1 Å². The van der Waals surface area contributed by atoms with Crippen LogP contribution in [0.2, 0.25) is 0 Å². The van der Waals surface area contributed by atoms with E-state index in [9.17, 15) is 24.3 Å². The first-order chi connectivity index (χ1) is 18.6. The molecule has 0 aliphatic carbocycles. The summed E-state index contributed by atoms with van der Waals surface area (Å²) in [5.74, 6) is -3.89. The number of rotatable bonds is 9. The largest absolute Gasteiger partial charge is 0.481 e. The first kappa shape index (κ1) is 27.1. The van der Waals surface area contributed by atoms with E-state index in [1.165, 1.54) is 11.8 Å². The van der Waals surface area contributed by atoms with Crippen LogP contribution in [0.15, 0.2) is 84.9 Å². The summed E-state index contributed by atoms with van der Waals surface area (Å²) in [7, 11) is 0. The number of urea groups is 1. The highest BCUT2D eigenvalue weighted by Gasteiger charge is 2.58. The van der Waals surface area contributed by atoms with Crippen LogP contribution in [0.3, 0.4) is 0 Å². The molecule has 1 saturated heterocycles. The number of nitrogens with two attached hydrogens (primary N) is 1. The predicted molar refractivity (Wildman–Crippen MR) is 143 cm³/mol. The van der Waals surface area contributed by atoms with Crippen LogP contribution in [-0.4, -0.2) is 56.2 Å². The zero-order valence-corrected chi connectivity index (χ0v) is 21.6. The number of nitrogens with zero attached hydrogens (tertiary/aromatic N) is 3. The molecule has 4 amide bonds. The van der Waals surface area contributed by atoms with Gasteiger partial charge < -0.3 is 10.8 Å². The molecule has 10 nitrogen and oxygen atoms in total. The van der Waals surface area contributed by atoms with E-state index in [0.717, 1.165) is 15.6 Å². The van der Waals surface area contributed by atoms with Crippen molar-refractivity contribution in [3.05, 3.63) is 107 Å². The molecule has 0 spiro atoms. The number of benzene rings is 3. The van der Waals surface area contributed by atoms with Crippen LogP contribution in [0.1, 0.15) is 42.0 Å². The van der Waals surface area contributed by atoms with Crippen molar-refractivity contribution in [2.45, 2.75) is 31.8 Å². The van der Waals surface area contributed by atoms with Crippen molar-refractivity contribution in [2.75, 3.05) is 6.54 Å². The van der Waals surface area contributed by atoms with Crippen molar-refractivity contribution in [1.29, 1.82) is 5.41 Å². The summed E-state index contributed by atoms with van der Waals surface area (Å²) < 4.78 is 0. The SMILES string of the molecule is CC(=O)N(CC(C(=O)O)c1ccccc1)N1C(=O)N(Cc2ccccc2)C(C)(c2ccc(C(=N)N)cc2)C1=O. The van der Waals surface area contributed by atoms with Gasteiger partial charge in [-0.15, -0.1) is 0 Å². The summed E-state index contributed by atoms with van der Waals surface area (Å²) in [5.41, 5.74) is 6.14. The van der Waals surface area contributed by atoms with Crippen LogP contribution < -0.4 is 5.73 Å². The van der Waals surface area contributed by atoms with Crippen LogP contribution in [0, 0.1) is 5.41 Å². The fourth-order valence-electron chi connectivity index (χ4n) is 4.71. The van der Waals surface area contributed by atoms with Gasteiger partial charge >= 0.3 is 12.0 Å². The van der Waals surface area contributed by atoms with Gasteiger partial charge in [-0.1, -0.05) is 84.9 Å². The summed E-state index contributed by atoms with van der Waals surface area (Å²) in [6.07, 6.45) is 0. The Labute approximate surface area is 225 Å². The lowest BCUT2D eigenvalue weighted by atomic mass is 9.89. The first-order valence-corrected chi connectivity index (χ1v) is 12.3. The molecule has 4 rings (SSSR count). The zero-order valence-electron chi connectivity index (χ0n) is 21.6. The zero-order chi connectivity index (χ0) is 28.3. The standard InChI is InChI=1S/C29H29N5O5/c1-19(35)33(18-24(26(36)37)21-11-7-4-8-12-21)34-27(38)29(2,23-15-13-22(14-16-23)25(30)31)32(28(34)39)17-20-9-5-3-6-10-20/h3-16,24H,17-18H2,1-2H3,(H3,30,31)(H,36,37). The Morgan fingerprint density at radius 3 is 2.05 bits per heavy atom. The maximum absolute atomic E-state index is 14.1. The monoisotopic (exact) mass is 527 g/mol. The molecule has 1 fully saturated rings. The molecular weight excluding hydrogens is 498 g/mol. The second-order valence-electron chi connectivity index (χ2n) is 9.44. The number of hydrazine groups is 1. The number of imide groups is 1. The molecular formula is C29H29N5O5. The molecule has 39 heavy (non-hydrogen) atoms. The first-order valence-electron chi connectivity index (χ1n) is 12.3. The van der Waals surface area contributed by atoms with Gasteiger partial charge in [0, 0.05) is 19.0 Å². The summed E-state index contributed by atoms with van der Waals surface area (Å²) in [4.78, 5) is 54.6. The second kappa shape index (κ2) is 10.8. The predicted octanol–water partition coefficient (Wildman–Crippen LogP) is 3.28. The molecule has 10 heteroatoms. The van der Waals surface area contributed by atoms with Gasteiger partial charge in [-0.2, -0.15) is 5.01 Å². The molecule has 4 N–H and O–H groups in total. The smallest absolute Gasteiger partial charge is 0.347 e. The quantitative estimate of drug-likeness (QED) is 0.221. The van der Waals surface area contributed by atoms with Crippen molar-refractivity contribution < 1.29 is 24.3 Å². The average molecular weight is 528 g/mol. The van der Waals surface area contributed by atoms with Crippen molar-refractivity contribution in [3.8, 4) is 0 Å². The molecule has 200 valence electrons. The number of aliphatic carboxylic acids is 1. The third-order valence-corrected chi connectivity index (χ3v) is 6.96. The van der Waals surface area contributed by atoms with Gasteiger partial charge in [-0.25, -0.2) is 9.80 Å². The molecule has 0 bridgehead atoms. The van der Waals surface area contributed by atoms with Gasteiger partial charge in [0.1, 0.15) is 17.3 Å². The van der Waals surface area contributed by atoms with Gasteiger partial charge in [0.2, 0.25) is 5.91 Å². The van der Waals surface area contributed by atoms with Gasteiger partial charge in [0.15, 0.2) is 0 Å². The minimum absolute atomic E-state index is 0.0552. The number of nitrogen functional groups attached to an aromatic ring is 1. The van der Waals surface area contributed by atoms with Crippen LogP contribution in [0.4, 0.5) is 4.79 Å². The Hall–Kier alpha value is -4.99. The van der Waals surface area contributed by atoms with E-state index >= 15 is 0 Å². The summed E-state index contributed by atoms with van der Waals surface area (Å²) >= 11 is 0. The summed E-state index contributed by atoms with van der Waals surface area (Å²) in [5, 5.41) is 19.3. The Bertz CT molecular complexity index is 1410. The van der Waals surface area contributed by atoms with Crippen LogP contribution in [-0.2, 0) is 26.5 Å². The number of carboxylic acids is 1. The third-order valence-electron chi connectivity index (χ3n) is 6.96. The summed E-state index contributed by atoms with van der Waals surface area (Å²) in [6.45, 7) is 2.40. The van der Waals surface area contributed by atoms with Gasteiger partial charge in [0.25, 0.3) is 5.91 Å². The minimum atomic E-state index is -1.54. The highest BCUT2D eigenvalue weighted by molar-refractivity contribution is 6.08. The normalized spacial score (nSPS) is 17.7. The van der Waals surface area contributed by atoms with Crippen LogP contribution >= 0.6 is 0 Å². The van der Waals surface area contributed by atoms with Crippen LogP contribution in [0.25, 0.3) is 0 Å². The molecule has 2 unspecified atom stereocenters. The van der Waals surface area contributed by atoms with E-state index in [2.05, 4.69) is 0 Å². The lowest BCUT2D eigenvalue weighted by molar-refractivity contribution is -0.158. The van der Waals surface area contributed by atoms with E-state index in [-0.39, 0.29) is 12.4 Å². The maximum atomic E-state index is 14.1. The van der Waals surface area contributed by atoms with Crippen molar-refractivity contribution in [3.63, 3.8) is 0 Å². The molecule has 1 aliphatic rings. The highest BCUT2D eigenvalue weighted by Crippen LogP contribution is 2.40.